The summed E-state index contributed by atoms with van der Waals surface area (Å²) in [5, 5.41) is 9.80. The van der Waals surface area contributed by atoms with Crippen molar-refractivity contribution >= 4 is 29.4 Å². The van der Waals surface area contributed by atoms with Crippen molar-refractivity contribution < 1.29 is 23.2 Å². The number of aliphatic hydroxyl groups is 1. The fourth-order valence-corrected chi connectivity index (χ4v) is 2.18. The van der Waals surface area contributed by atoms with Crippen LogP contribution in [0.25, 0.3) is 0 Å². The maximum Gasteiger partial charge on any atom is 0.163 e. The Labute approximate surface area is 126 Å². The molecule has 0 fully saturated rings. The Kier molecular flexibility index (Phi) is 6.75. The SMILES string of the molecule is CCOc1c(C(C)=O)cc(Cl)c(F)c1C(O)COSC. The summed E-state index contributed by atoms with van der Waals surface area (Å²) in [5.41, 5.74) is -0.0185. The summed E-state index contributed by atoms with van der Waals surface area (Å²) < 4.78 is 24.5. The Bertz CT molecular complexity index is 496. The lowest BCUT2D eigenvalue weighted by molar-refractivity contribution is 0.100. The van der Waals surface area contributed by atoms with Crippen LogP contribution in [0, 0.1) is 5.82 Å². The largest absolute Gasteiger partial charge is 0.493 e. The van der Waals surface area contributed by atoms with E-state index in [2.05, 4.69) is 0 Å². The molecule has 0 aliphatic heterocycles. The molecule has 0 amide bonds. The second-order valence-electron chi connectivity index (χ2n) is 3.92. The van der Waals surface area contributed by atoms with Crippen LogP contribution < -0.4 is 4.74 Å². The van der Waals surface area contributed by atoms with E-state index in [9.17, 15) is 14.3 Å². The van der Waals surface area contributed by atoms with Gasteiger partial charge in [-0.3, -0.25) is 4.79 Å². The Balaban J connectivity index is 3.40. The quantitative estimate of drug-likeness (QED) is 0.616. The summed E-state index contributed by atoms with van der Waals surface area (Å²) >= 11 is 6.81. The molecule has 1 aromatic carbocycles. The molecule has 1 unspecified atom stereocenters. The molecule has 0 saturated heterocycles. The van der Waals surface area contributed by atoms with Crippen LogP contribution in [0.15, 0.2) is 6.07 Å². The fraction of sp³-hybridized carbons (Fsp3) is 0.462. The number of benzene rings is 1. The predicted octanol–water partition coefficient (Wildman–Crippen LogP) is 3.41. The second kappa shape index (κ2) is 7.83. The van der Waals surface area contributed by atoms with Gasteiger partial charge in [0.2, 0.25) is 0 Å². The Hall–Kier alpha value is -0.820. The topological polar surface area (TPSA) is 55.8 Å². The maximum atomic E-state index is 14.2. The van der Waals surface area contributed by atoms with E-state index in [-0.39, 0.29) is 40.9 Å². The Morgan fingerprint density at radius 2 is 2.25 bits per heavy atom. The highest BCUT2D eigenvalue weighted by molar-refractivity contribution is 7.93. The smallest absolute Gasteiger partial charge is 0.163 e. The predicted molar refractivity (Wildman–Crippen MR) is 77.0 cm³/mol. The van der Waals surface area contributed by atoms with Crippen molar-refractivity contribution in [2.75, 3.05) is 19.5 Å². The zero-order valence-corrected chi connectivity index (χ0v) is 13.0. The number of halogens is 2. The summed E-state index contributed by atoms with van der Waals surface area (Å²) in [6, 6.07) is 1.20. The van der Waals surface area contributed by atoms with E-state index in [1.54, 1.807) is 13.2 Å². The van der Waals surface area contributed by atoms with E-state index in [0.29, 0.717) is 0 Å². The average molecular weight is 323 g/mol. The molecule has 0 bridgehead atoms. The van der Waals surface area contributed by atoms with Gasteiger partial charge in [0.25, 0.3) is 0 Å². The van der Waals surface area contributed by atoms with Gasteiger partial charge in [-0.2, -0.15) is 0 Å². The fourth-order valence-electron chi connectivity index (χ4n) is 1.70. The Morgan fingerprint density at radius 3 is 2.75 bits per heavy atom. The van der Waals surface area contributed by atoms with Crippen LogP contribution in [0.2, 0.25) is 5.02 Å². The third kappa shape index (κ3) is 3.85. The van der Waals surface area contributed by atoms with Crippen molar-refractivity contribution in [3.8, 4) is 5.75 Å². The molecule has 0 aromatic heterocycles. The highest BCUT2D eigenvalue weighted by atomic mass is 35.5. The summed E-state index contributed by atoms with van der Waals surface area (Å²) in [4.78, 5) is 11.6. The van der Waals surface area contributed by atoms with Crippen LogP contribution >= 0.6 is 23.6 Å². The zero-order valence-electron chi connectivity index (χ0n) is 11.4. The molecule has 0 heterocycles. The molecule has 1 atom stereocenters. The van der Waals surface area contributed by atoms with Gasteiger partial charge in [0.15, 0.2) is 11.6 Å². The highest BCUT2D eigenvalue weighted by Crippen LogP contribution is 2.36. The molecule has 1 rings (SSSR count). The number of aliphatic hydroxyl groups excluding tert-OH is 1. The number of carbonyl (C=O) groups is 1. The molecule has 4 nitrogen and oxygen atoms in total. The van der Waals surface area contributed by atoms with Crippen LogP contribution in [0.1, 0.15) is 35.9 Å². The second-order valence-corrected chi connectivity index (χ2v) is 4.90. The summed E-state index contributed by atoms with van der Waals surface area (Å²) in [5.74, 6) is -1.12. The normalized spacial score (nSPS) is 12.3. The number of hydrogen-bond donors (Lipinski definition) is 1. The lowest BCUT2D eigenvalue weighted by Gasteiger charge is -2.19. The zero-order chi connectivity index (χ0) is 15.3. The first-order chi connectivity index (χ1) is 9.43. The first-order valence-electron chi connectivity index (χ1n) is 5.93. The number of rotatable bonds is 7. The van der Waals surface area contributed by atoms with E-state index in [0.717, 1.165) is 12.0 Å². The minimum Gasteiger partial charge on any atom is -0.493 e. The van der Waals surface area contributed by atoms with E-state index < -0.39 is 11.9 Å². The molecule has 0 saturated carbocycles. The highest BCUT2D eigenvalue weighted by Gasteiger charge is 2.26. The van der Waals surface area contributed by atoms with Crippen LogP contribution in [0.5, 0.6) is 5.75 Å². The van der Waals surface area contributed by atoms with Crippen molar-refractivity contribution in [1.82, 2.24) is 0 Å². The van der Waals surface area contributed by atoms with E-state index >= 15 is 0 Å². The molecule has 0 aliphatic rings. The lowest BCUT2D eigenvalue weighted by Crippen LogP contribution is -2.13. The van der Waals surface area contributed by atoms with Crippen molar-refractivity contribution in [1.29, 1.82) is 0 Å². The van der Waals surface area contributed by atoms with Gasteiger partial charge in [-0.05, 0) is 32.0 Å². The molecule has 0 radical (unpaired) electrons. The van der Waals surface area contributed by atoms with Gasteiger partial charge < -0.3 is 14.0 Å². The third-order valence-corrected chi connectivity index (χ3v) is 3.20. The first-order valence-corrected chi connectivity index (χ1v) is 7.46. The standard InChI is InChI=1S/C13H16ClFO4S/c1-4-18-13-8(7(2)16)5-9(14)12(15)11(13)10(17)6-19-20-3/h5,10,17H,4,6H2,1-3H3. The molecule has 20 heavy (non-hydrogen) atoms. The van der Waals surface area contributed by atoms with Crippen molar-refractivity contribution in [2.24, 2.45) is 0 Å². The summed E-state index contributed by atoms with van der Waals surface area (Å²) in [6.07, 6.45) is 0.395. The molecule has 7 heteroatoms. The molecular weight excluding hydrogens is 307 g/mol. The number of Topliss-reactive ketones (excluding diaryl/α,β-unsaturated/α-hetero) is 1. The first kappa shape index (κ1) is 17.2. The third-order valence-electron chi connectivity index (χ3n) is 2.55. The van der Waals surface area contributed by atoms with Crippen molar-refractivity contribution in [3.05, 3.63) is 28.0 Å². The summed E-state index contributed by atoms with van der Waals surface area (Å²) in [6.45, 7) is 3.10. The van der Waals surface area contributed by atoms with Crippen molar-refractivity contribution in [3.63, 3.8) is 0 Å². The number of carbonyl (C=O) groups excluding carboxylic acids is 1. The minimum absolute atomic E-state index is 0.0131. The molecule has 112 valence electrons. The van der Waals surface area contributed by atoms with Gasteiger partial charge in [-0.15, -0.1) is 0 Å². The molecular formula is C13H16ClFO4S. The van der Waals surface area contributed by atoms with E-state index in [4.69, 9.17) is 20.5 Å². The van der Waals surface area contributed by atoms with Gasteiger partial charge in [-0.1, -0.05) is 11.6 Å². The van der Waals surface area contributed by atoms with Gasteiger partial charge in [0.1, 0.15) is 11.9 Å². The number of hydrogen-bond acceptors (Lipinski definition) is 5. The minimum atomic E-state index is -1.28. The summed E-state index contributed by atoms with van der Waals surface area (Å²) in [7, 11) is 0. The molecule has 1 N–H and O–H groups in total. The maximum absolute atomic E-state index is 14.2. The monoisotopic (exact) mass is 322 g/mol. The van der Waals surface area contributed by atoms with Crippen molar-refractivity contribution in [2.45, 2.75) is 20.0 Å². The van der Waals surface area contributed by atoms with Gasteiger partial charge >= 0.3 is 0 Å². The van der Waals surface area contributed by atoms with Crippen LogP contribution in [0.4, 0.5) is 4.39 Å². The average Bonchev–Trinajstić information content (AvgIpc) is 2.40. The van der Waals surface area contributed by atoms with Crippen LogP contribution in [0.3, 0.4) is 0 Å². The number of ether oxygens (including phenoxy) is 1. The van der Waals surface area contributed by atoms with E-state index in [1.165, 1.54) is 13.0 Å². The van der Waals surface area contributed by atoms with Crippen LogP contribution in [-0.4, -0.2) is 30.4 Å². The van der Waals surface area contributed by atoms with Gasteiger partial charge in [-0.25, -0.2) is 4.39 Å². The molecule has 0 spiro atoms. The lowest BCUT2D eigenvalue weighted by atomic mass is 10.0. The molecule has 1 aromatic rings. The Morgan fingerprint density at radius 1 is 1.60 bits per heavy atom. The van der Waals surface area contributed by atoms with Crippen LogP contribution in [-0.2, 0) is 4.18 Å². The van der Waals surface area contributed by atoms with Gasteiger partial charge in [0.05, 0.1) is 29.4 Å². The van der Waals surface area contributed by atoms with E-state index in [1.807, 2.05) is 0 Å². The molecule has 0 aliphatic carbocycles. The van der Waals surface area contributed by atoms with Gasteiger partial charge in [0, 0.05) is 6.26 Å². The number of ketones is 1.